The molecule has 0 fully saturated rings. The van der Waals surface area contributed by atoms with E-state index in [0.717, 1.165) is 5.56 Å². The lowest BCUT2D eigenvalue weighted by atomic mass is 10.0. The van der Waals surface area contributed by atoms with E-state index in [0.29, 0.717) is 39.9 Å². The van der Waals surface area contributed by atoms with Gasteiger partial charge in [-0.3, -0.25) is 4.79 Å². The van der Waals surface area contributed by atoms with Crippen molar-refractivity contribution in [2.45, 2.75) is 25.9 Å². The van der Waals surface area contributed by atoms with Crippen LogP contribution in [0.25, 0.3) is 0 Å². The SMILES string of the molecule is C=C/C=C\C(=C)N(Cc1cc(OC)c(C=O)cc1Cl)N(C)C(C)(C)C(=C)Cl. The summed E-state index contributed by atoms with van der Waals surface area (Å²) in [6.07, 6.45) is 6.01. The second-order valence-corrected chi connectivity index (χ2v) is 7.30. The molecule has 0 amide bonds. The molecule has 0 aliphatic heterocycles. The summed E-state index contributed by atoms with van der Waals surface area (Å²) in [5, 5.41) is 4.80. The molecule has 1 aromatic rings. The zero-order valence-corrected chi connectivity index (χ0v) is 17.8. The molecule has 27 heavy (non-hydrogen) atoms. The van der Waals surface area contributed by atoms with Crippen molar-refractivity contribution in [2.24, 2.45) is 0 Å². The number of hydrogen-bond acceptors (Lipinski definition) is 4. The van der Waals surface area contributed by atoms with Crippen LogP contribution in [0.3, 0.4) is 0 Å². The maximum atomic E-state index is 11.2. The molecule has 6 heteroatoms. The normalized spacial score (nSPS) is 11.5. The van der Waals surface area contributed by atoms with E-state index >= 15 is 0 Å². The van der Waals surface area contributed by atoms with Crippen molar-refractivity contribution in [3.63, 3.8) is 0 Å². The molecule has 146 valence electrons. The first-order valence-corrected chi connectivity index (χ1v) is 9.01. The minimum atomic E-state index is -0.550. The molecule has 1 rings (SSSR count). The molecule has 0 N–H and O–H groups in total. The number of benzene rings is 1. The lowest BCUT2D eigenvalue weighted by Crippen LogP contribution is -2.51. The first kappa shape index (κ1) is 23.0. The van der Waals surface area contributed by atoms with E-state index in [9.17, 15) is 4.79 Å². The lowest BCUT2D eigenvalue weighted by Gasteiger charge is -2.44. The molecule has 0 saturated carbocycles. The molecule has 0 radical (unpaired) electrons. The summed E-state index contributed by atoms with van der Waals surface area (Å²) in [6, 6.07) is 3.34. The number of hydrogen-bond donors (Lipinski definition) is 0. The summed E-state index contributed by atoms with van der Waals surface area (Å²) < 4.78 is 5.30. The number of hydrazine groups is 1. The smallest absolute Gasteiger partial charge is 0.153 e. The van der Waals surface area contributed by atoms with E-state index in [-0.39, 0.29) is 0 Å². The Morgan fingerprint density at radius 3 is 2.44 bits per heavy atom. The van der Waals surface area contributed by atoms with Gasteiger partial charge in [-0.1, -0.05) is 55.1 Å². The molecule has 0 aromatic heterocycles. The van der Waals surface area contributed by atoms with Crippen molar-refractivity contribution >= 4 is 29.5 Å². The first-order valence-electron chi connectivity index (χ1n) is 8.25. The van der Waals surface area contributed by atoms with Gasteiger partial charge in [0, 0.05) is 22.8 Å². The van der Waals surface area contributed by atoms with Crippen LogP contribution in [-0.4, -0.2) is 36.0 Å². The number of nitrogens with zero attached hydrogens (tertiary/aromatic N) is 2. The van der Waals surface area contributed by atoms with Crippen LogP contribution in [0, 0.1) is 0 Å². The molecular formula is C21H26Cl2N2O2. The second-order valence-electron chi connectivity index (χ2n) is 6.43. The Morgan fingerprint density at radius 1 is 1.33 bits per heavy atom. The van der Waals surface area contributed by atoms with Gasteiger partial charge in [0.1, 0.15) is 5.75 Å². The Morgan fingerprint density at radius 2 is 1.96 bits per heavy atom. The maximum absolute atomic E-state index is 11.2. The molecule has 0 aliphatic carbocycles. The fourth-order valence-corrected chi connectivity index (χ4v) is 2.66. The highest BCUT2D eigenvalue weighted by Crippen LogP contribution is 2.32. The van der Waals surface area contributed by atoms with E-state index < -0.39 is 5.54 Å². The number of likely N-dealkylation sites (N-methyl/N-ethyl adjacent to an activating group) is 1. The van der Waals surface area contributed by atoms with Crippen LogP contribution in [0.4, 0.5) is 0 Å². The molecule has 0 saturated heterocycles. The number of aldehydes is 1. The molecule has 0 atom stereocenters. The third-order valence-corrected chi connectivity index (χ3v) is 5.25. The van der Waals surface area contributed by atoms with Crippen LogP contribution < -0.4 is 4.74 Å². The van der Waals surface area contributed by atoms with Crippen LogP contribution >= 0.6 is 23.2 Å². The Balaban J connectivity index is 3.39. The highest BCUT2D eigenvalue weighted by molar-refractivity contribution is 6.31. The molecular weight excluding hydrogens is 383 g/mol. The van der Waals surface area contributed by atoms with E-state index in [1.54, 1.807) is 24.3 Å². The summed E-state index contributed by atoms with van der Waals surface area (Å²) in [4.78, 5) is 11.2. The topological polar surface area (TPSA) is 32.8 Å². The molecule has 0 bridgehead atoms. The molecule has 1 aromatic carbocycles. The number of ether oxygens (including phenoxy) is 1. The lowest BCUT2D eigenvalue weighted by molar-refractivity contribution is -0.0316. The monoisotopic (exact) mass is 408 g/mol. The van der Waals surface area contributed by atoms with E-state index in [4.69, 9.17) is 27.9 Å². The second kappa shape index (κ2) is 9.79. The standard InChI is InChI=1S/C21H26Cl2N2O2/c1-8-9-10-15(2)25(24(6)21(4,5)16(3)22)13-17-12-20(27-7)18(14-26)11-19(17)23/h8-12,14H,1-3,13H2,4-7H3/b10-9-. The number of rotatable bonds is 10. The van der Waals surface area contributed by atoms with Gasteiger partial charge in [-0.2, -0.15) is 0 Å². The summed E-state index contributed by atoms with van der Waals surface area (Å²) >= 11 is 12.6. The Hall–Kier alpha value is -2.01. The van der Waals surface area contributed by atoms with Gasteiger partial charge in [0.15, 0.2) is 6.29 Å². The minimum Gasteiger partial charge on any atom is -0.496 e. The maximum Gasteiger partial charge on any atom is 0.153 e. The van der Waals surface area contributed by atoms with Crippen molar-refractivity contribution in [3.8, 4) is 5.75 Å². The van der Waals surface area contributed by atoms with Crippen molar-refractivity contribution in [1.29, 1.82) is 0 Å². The average Bonchev–Trinajstić information content (AvgIpc) is 2.63. The molecule has 0 heterocycles. The van der Waals surface area contributed by atoms with Gasteiger partial charge in [-0.25, -0.2) is 5.01 Å². The summed E-state index contributed by atoms with van der Waals surface area (Å²) in [5.74, 6) is 0.459. The van der Waals surface area contributed by atoms with E-state index in [1.807, 2.05) is 37.0 Å². The number of carbonyl (C=O) groups is 1. The zero-order valence-electron chi connectivity index (χ0n) is 16.3. The Labute approximate surface area is 172 Å². The predicted molar refractivity (Wildman–Crippen MR) is 114 cm³/mol. The van der Waals surface area contributed by atoms with Gasteiger partial charge < -0.3 is 9.75 Å². The van der Waals surface area contributed by atoms with E-state index in [1.165, 1.54) is 7.11 Å². The Bertz CT molecular complexity index is 770. The quantitative estimate of drug-likeness (QED) is 0.286. The van der Waals surface area contributed by atoms with Crippen LogP contribution in [-0.2, 0) is 6.54 Å². The van der Waals surface area contributed by atoms with Crippen molar-refractivity contribution in [3.05, 3.63) is 77.0 Å². The molecule has 4 nitrogen and oxygen atoms in total. The largest absolute Gasteiger partial charge is 0.496 e. The van der Waals surface area contributed by atoms with Crippen molar-refractivity contribution in [1.82, 2.24) is 10.0 Å². The summed E-state index contributed by atoms with van der Waals surface area (Å²) in [7, 11) is 3.40. The van der Waals surface area contributed by atoms with Crippen LogP contribution in [0.2, 0.25) is 5.02 Å². The summed E-state index contributed by atoms with van der Waals surface area (Å²) in [5.41, 5.74) is 1.32. The van der Waals surface area contributed by atoms with Crippen LogP contribution in [0.1, 0.15) is 29.8 Å². The third kappa shape index (κ3) is 5.48. The molecule has 0 aliphatic rings. The average molecular weight is 409 g/mol. The number of carbonyl (C=O) groups excluding carboxylic acids is 1. The number of halogens is 2. The van der Waals surface area contributed by atoms with Crippen LogP contribution in [0.15, 0.2) is 60.8 Å². The van der Waals surface area contributed by atoms with Gasteiger partial charge >= 0.3 is 0 Å². The number of allylic oxidation sites excluding steroid dienone is 3. The van der Waals surface area contributed by atoms with Crippen LogP contribution in [0.5, 0.6) is 5.75 Å². The van der Waals surface area contributed by atoms with Gasteiger partial charge in [0.2, 0.25) is 0 Å². The third-order valence-electron chi connectivity index (χ3n) is 4.44. The van der Waals surface area contributed by atoms with E-state index in [2.05, 4.69) is 19.7 Å². The van der Waals surface area contributed by atoms with Crippen molar-refractivity contribution < 1.29 is 9.53 Å². The minimum absolute atomic E-state index is 0.388. The first-order chi connectivity index (χ1) is 12.6. The van der Waals surface area contributed by atoms with Crippen molar-refractivity contribution in [2.75, 3.05) is 14.2 Å². The molecule has 0 unspecified atom stereocenters. The van der Waals surface area contributed by atoms with Gasteiger partial charge in [-0.15, -0.1) is 0 Å². The fourth-order valence-electron chi connectivity index (χ4n) is 2.31. The molecule has 0 spiro atoms. The van der Waals surface area contributed by atoms with Gasteiger partial charge in [-0.05, 0) is 37.6 Å². The predicted octanol–water partition coefficient (Wildman–Crippen LogP) is 5.60. The number of methoxy groups -OCH3 is 1. The van der Waals surface area contributed by atoms with Gasteiger partial charge in [0.05, 0.1) is 24.8 Å². The Kier molecular flexibility index (Phi) is 8.35. The highest BCUT2D eigenvalue weighted by Gasteiger charge is 2.31. The fraction of sp³-hybridized carbons (Fsp3) is 0.286. The summed E-state index contributed by atoms with van der Waals surface area (Å²) in [6.45, 7) is 16.0. The zero-order chi connectivity index (χ0) is 20.8. The van der Waals surface area contributed by atoms with Gasteiger partial charge in [0.25, 0.3) is 0 Å². The highest BCUT2D eigenvalue weighted by atomic mass is 35.5.